The minimum atomic E-state index is 0.674. The monoisotopic (exact) mass is 231 g/mol. The first kappa shape index (κ1) is 14.0. The lowest BCUT2D eigenvalue weighted by atomic mass is 10.0. The molecule has 0 heterocycles. The molecule has 1 rings (SSSR count). The molecule has 0 saturated carbocycles. The van der Waals surface area contributed by atoms with Crippen LogP contribution < -0.4 is 5.73 Å². The van der Waals surface area contributed by atoms with Gasteiger partial charge in [-0.1, -0.05) is 56.7 Å². The standard InChI is InChI=1S/C16H25N/c1-3-6-14(2)10-11-16-8-4-7-15(13-16)9-5-12-17/h4,7-8,10-11,13-14H,3,5-6,9,12,17H2,1-2H3/b11-10+. The largest absolute Gasteiger partial charge is 0.330 e. The highest BCUT2D eigenvalue weighted by Crippen LogP contribution is 2.12. The van der Waals surface area contributed by atoms with E-state index in [0.717, 1.165) is 19.4 Å². The fraction of sp³-hybridized carbons (Fsp3) is 0.500. The highest BCUT2D eigenvalue weighted by atomic mass is 14.5. The van der Waals surface area contributed by atoms with E-state index >= 15 is 0 Å². The number of rotatable bonds is 7. The molecule has 2 N–H and O–H groups in total. The number of hydrogen-bond donors (Lipinski definition) is 1. The Bertz CT molecular complexity index is 341. The van der Waals surface area contributed by atoms with Crippen molar-refractivity contribution in [2.24, 2.45) is 11.7 Å². The zero-order valence-electron chi connectivity index (χ0n) is 11.2. The summed E-state index contributed by atoms with van der Waals surface area (Å²) in [6.07, 6.45) is 9.23. The Kier molecular flexibility index (Phi) is 6.64. The predicted molar refractivity (Wildman–Crippen MR) is 76.9 cm³/mol. The van der Waals surface area contributed by atoms with E-state index in [4.69, 9.17) is 5.73 Å². The third kappa shape index (κ3) is 5.69. The maximum absolute atomic E-state index is 5.53. The Morgan fingerprint density at radius 3 is 2.88 bits per heavy atom. The molecule has 0 aliphatic heterocycles. The zero-order chi connectivity index (χ0) is 12.5. The van der Waals surface area contributed by atoms with E-state index in [1.807, 2.05) is 0 Å². The van der Waals surface area contributed by atoms with Gasteiger partial charge in [-0.3, -0.25) is 0 Å². The van der Waals surface area contributed by atoms with Gasteiger partial charge in [0.2, 0.25) is 0 Å². The summed E-state index contributed by atoms with van der Waals surface area (Å²) in [6.45, 7) is 5.28. The fourth-order valence-electron chi connectivity index (χ4n) is 1.99. The normalized spacial score (nSPS) is 13.1. The molecule has 0 aromatic heterocycles. The summed E-state index contributed by atoms with van der Waals surface area (Å²) in [5.41, 5.74) is 8.23. The molecule has 0 radical (unpaired) electrons. The zero-order valence-corrected chi connectivity index (χ0v) is 11.2. The Balaban J connectivity index is 2.58. The number of hydrogen-bond acceptors (Lipinski definition) is 1. The van der Waals surface area contributed by atoms with Crippen LogP contribution in [-0.2, 0) is 6.42 Å². The maximum atomic E-state index is 5.53. The highest BCUT2D eigenvalue weighted by Gasteiger charge is 1.96. The van der Waals surface area contributed by atoms with Gasteiger partial charge in [0.25, 0.3) is 0 Å². The molecule has 0 saturated heterocycles. The molecule has 1 aromatic rings. The van der Waals surface area contributed by atoms with E-state index in [1.165, 1.54) is 24.0 Å². The number of allylic oxidation sites excluding steroid dienone is 1. The van der Waals surface area contributed by atoms with Crippen molar-refractivity contribution in [2.45, 2.75) is 39.5 Å². The van der Waals surface area contributed by atoms with Gasteiger partial charge in [0.05, 0.1) is 0 Å². The smallest absolute Gasteiger partial charge is 0.00741 e. The van der Waals surface area contributed by atoms with Crippen molar-refractivity contribution < 1.29 is 0 Å². The van der Waals surface area contributed by atoms with Crippen LogP contribution in [0.4, 0.5) is 0 Å². The Morgan fingerprint density at radius 2 is 2.18 bits per heavy atom. The van der Waals surface area contributed by atoms with Gasteiger partial charge in [0.15, 0.2) is 0 Å². The van der Waals surface area contributed by atoms with Gasteiger partial charge in [-0.2, -0.15) is 0 Å². The molecule has 1 unspecified atom stereocenters. The predicted octanol–water partition coefficient (Wildman–Crippen LogP) is 4.03. The number of nitrogens with two attached hydrogens (primary N) is 1. The Hall–Kier alpha value is -1.08. The van der Waals surface area contributed by atoms with Crippen molar-refractivity contribution in [1.29, 1.82) is 0 Å². The first-order valence-electron chi connectivity index (χ1n) is 6.73. The van der Waals surface area contributed by atoms with Gasteiger partial charge in [-0.05, 0) is 42.9 Å². The van der Waals surface area contributed by atoms with Gasteiger partial charge in [0.1, 0.15) is 0 Å². The van der Waals surface area contributed by atoms with Crippen molar-refractivity contribution in [2.75, 3.05) is 6.54 Å². The fourth-order valence-corrected chi connectivity index (χ4v) is 1.99. The van der Waals surface area contributed by atoms with Crippen molar-refractivity contribution in [3.05, 3.63) is 41.5 Å². The molecule has 0 aliphatic carbocycles. The number of benzene rings is 1. The second-order valence-electron chi connectivity index (χ2n) is 4.76. The van der Waals surface area contributed by atoms with E-state index in [9.17, 15) is 0 Å². The number of aryl methyl sites for hydroxylation is 1. The second-order valence-corrected chi connectivity index (χ2v) is 4.76. The Morgan fingerprint density at radius 1 is 1.35 bits per heavy atom. The van der Waals surface area contributed by atoms with Crippen LogP contribution in [0.3, 0.4) is 0 Å². The molecule has 0 fully saturated rings. The maximum Gasteiger partial charge on any atom is -0.00741 e. The van der Waals surface area contributed by atoms with Crippen LogP contribution in [0.5, 0.6) is 0 Å². The Labute approximate surface area is 106 Å². The summed E-state index contributed by atoms with van der Waals surface area (Å²) < 4.78 is 0. The van der Waals surface area contributed by atoms with Crippen LogP contribution >= 0.6 is 0 Å². The third-order valence-electron chi connectivity index (χ3n) is 2.98. The van der Waals surface area contributed by atoms with Gasteiger partial charge in [-0.15, -0.1) is 0 Å². The lowest BCUT2D eigenvalue weighted by molar-refractivity contribution is 0.636. The molecule has 1 aromatic carbocycles. The topological polar surface area (TPSA) is 26.0 Å². The van der Waals surface area contributed by atoms with Crippen LogP contribution in [0.2, 0.25) is 0 Å². The SMILES string of the molecule is CCCC(C)/C=C/c1cccc(CCCN)c1. The quantitative estimate of drug-likeness (QED) is 0.753. The molecule has 1 nitrogen and oxygen atoms in total. The van der Waals surface area contributed by atoms with Gasteiger partial charge in [-0.25, -0.2) is 0 Å². The van der Waals surface area contributed by atoms with E-state index in [2.05, 4.69) is 50.3 Å². The lowest BCUT2D eigenvalue weighted by Gasteiger charge is -2.04. The molecular weight excluding hydrogens is 206 g/mol. The van der Waals surface area contributed by atoms with Crippen molar-refractivity contribution in [1.82, 2.24) is 0 Å². The van der Waals surface area contributed by atoms with E-state index in [1.54, 1.807) is 0 Å². The van der Waals surface area contributed by atoms with E-state index in [-0.39, 0.29) is 0 Å². The molecular formula is C16H25N. The summed E-state index contributed by atoms with van der Waals surface area (Å²) in [5.74, 6) is 0.674. The third-order valence-corrected chi connectivity index (χ3v) is 2.98. The van der Waals surface area contributed by atoms with E-state index < -0.39 is 0 Å². The van der Waals surface area contributed by atoms with Crippen LogP contribution in [0.25, 0.3) is 6.08 Å². The second kappa shape index (κ2) is 8.08. The first-order chi connectivity index (χ1) is 8.26. The van der Waals surface area contributed by atoms with Crippen LogP contribution in [0.1, 0.15) is 44.2 Å². The minimum absolute atomic E-state index is 0.674. The van der Waals surface area contributed by atoms with Crippen molar-refractivity contribution in [3.63, 3.8) is 0 Å². The molecule has 0 bridgehead atoms. The van der Waals surface area contributed by atoms with Crippen LogP contribution in [0, 0.1) is 5.92 Å². The summed E-state index contributed by atoms with van der Waals surface area (Å²) in [4.78, 5) is 0. The first-order valence-corrected chi connectivity index (χ1v) is 6.73. The van der Waals surface area contributed by atoms with Gasteiger partial charge >= 0.3 is 0 Å². The lowest BCUT2D eigenvalue weighted by Crippen LogP contribution is -2.00. The van der Waals surface area contributed by atoms with Crippen molar-refractivity contribution in [3.8, 4) is 0 Å². The molecule has 17 heavy (non-hydrogen) atoms. The molecule has 0 amide bonds. The summed E-state index contributed by atoms with van der Waals surface area (Å²) >= 11 is 0. The van der Waals surface area contributed by atoms with Gasteiger partial charge < -0.3 is 5.73 Å². The molecule has 0 aliphatic rings. The summed E-state index contributed by atoms with van der Waals surface area (Å²) in [5, 5.41) is 0. The van der Waals surface area contributed by atoms with Crippen LogP contribution in [0.15, 0.2) is 30.3 Å². The molecule has 1 heteroatoms. The van der Waals surface area contributed by atoms with Crippen molar-refractivity contribution >= 4 is 6.08 Å². The molecule has 94 valence electrons. The minimum Gasteiger partial charge on any atom is -0.330 e. The average Bonchev–Trinajstić information content (AvgIpc) is 2.35. The molecule has 1 atom stereocenters. The average molecular weight is 231 g/mol. The molecule has 0 spiro atoms. The van der Waals surface area contributed by atoms with Crippen LogP contribution in [-0.4, -0.2) is 6.54 Å². The van der Waals surface area contributed by atoms with Gasteiger partial charge in [0, 0.05) is 0 Å². The highest BCUT2D eigenvalue weighted by molar-refractivity contribution is 5.50. The summed E-state index contributed by atoms with van der Waals surface area (Å²) in [6, 6.07) is 8.75. The van der Waals surface area contributed by atoms with E-state index in [0.29, 0.717) is 5.92 Å². The summed E-state index contributed by atoms with van der Waals surface area (Å²) in [7, 11) is 0.